The zero-order valence-electron chi connectivity index (χ0n) is 20.8. The van der Waals surface area contributed by atoms with Crippen LogP contribution >= 0.6 is 0 Å². The molecular formula is C28H29NO7. The number of aromatic hydroxyl groups is 1. The Balaban J connectivity index is 1.84. The number of nitrogens with one attached hydrogen (secondary N) is 1. The van der Waals surface area contributed by atoms with Crippen LogP contribution in [0.4, 0.5) is 5.69 Å². The summed E-state index contributed by atoms with van der Waals surface area (Å²) in [5.41, 5.74) is 2.58. The summed E-state index contributed by atoms with van der Waals surface area (Å²) in [7, 11) is 7.64. The van der Waals surface area contributed by atoms with Crippen molar-refractivity contribution in [2.24, 2.45) is 0 Å². The molecule has 0 fully saturated rings. The number of hydrogen-bond donors (Lipinski definition) is 2. The fourth-order valence-corrected chi connectivity index (χ4v) is 3.49. The van der Waals surface area contributed by atoms with Crippen molar-refractivity contribution < 1.29 is 33.6 Å². The van der Waals surface area contributed by atoms with Gasteiger partial charge in [0, 0.05) is 6.08 Å². The van der Waals surface area contributed by atoms with Crippen LogP contribution in [0.15, 0.2) is 54.6 Å². The third kappa shape index (κ3) is 6.29. The molecule has 188 valence electrons. The maximum absolute atomic E-state index is 12.6. The van der Waals surface area contributed by atoms with Gasteiger partial charge in [-0.15, -0.1) is 0 Å². The number of amides is 1. The van der Waals surface area contributed by atoms with Gasteiger partial charge < -0.3 is 34.1 Å². The van der Waals surface area contributed by atoms with E-state index in [0.29, 0.717) is 28.5 Å². The molecule has 0 saturated heterocycles. The van der Waals surface area contributed by atoms with Crippen LogP contribution in [0.2, 0.25) is 0 Å². The van der Waals surface area contributed by atoms with E-state index in [0.717, 1.165) is 16.9 Å². The SMILES string of the molecule is COc1ccc(/C=C/C(=O)Nc2cc(C=Cc3cc(OC)c(OC)c(OC)c3)cc(O)c2OC)cc1. The largest absolute Gasteiger partial charge is 0.504 e. The Morgan fingerprint density at radius 1 is 0.694 bits per heavy atom. The van der Waals surface area contributed by atoms with Crippen LogP contribution in [0.1, 0.15) is 16.7 Å². The molecule has 0 aliphatic rings. The average molecular weight is 492 g/mol. The van der Waals surface area contributed by atoms with Crippen molar-refractivity contribution in [2.75, 3.05) is 40.9 Å². The highest BCUT2D eigenvalue weighted by atomic mass is 16.5. The Bertz CT molecular complexity index is 1240. The Hall–Kier alpha value is -4.59. The average Bonchev–Trinajstić information content (AvgIpc) is 2.90. The molecule has 0 aromatic heterocycles. The van der Waals surface area contributed by atoms with Gasteiger partial charge in [0.05, 0.1) is 41.2 Å². The molecule has 0 aliphatic heterocycles. The lowest BCUT2D eigenvalue weighted by Gasteiger charge is -2.13. The maximum atomic E-state index is 12.6. The summed E-state index contributed by atoms with van der Waals surface area (Å²) in [6.07, 6.45) is 6.68. The molecule has 0 atom stereocenters. The number of carbonyl (C=O) groups is 1. The van der Waals surface area contributed by atoms with E-state index in [4.69, 9.17) is 23.7 Å². The van der Waals surface area contributed by atoms with E-state index in [9.17, 15) is 9.90 Å². The number of rotatable bonds is 10. The number of benzene rings is 3. The normalized spacial score (nSPS) is 10.9. The minimum Gasteiger partial charge on any atom is -0.504 e. The zero-order chi connectivity index (χ0) is 26.1. The number of phenols is 1. The predicted molar refractivity (Wildman–Crippen MR) is 140 cm³/mol. The first-order chi connectivity index (χ1) is 17.4. The topological polar surface area (TPSA) is 95.5 Å². The second kappa shape index (κ2) is 12.2. The lowest BCUT2D eigenvalue weighted by atomic mass is 10.1. The minimum atomic E-state index is -0.380. The third-order valence-electron chi connectivity index (χ3n) is 5.25. The van der Waals surface area contributed by atoms with E-state index in [-0.39, 0.29) is 17.4 Å². The van der Waals surface area contributed by atoms with Gasteiger partial charge in [-0.25, -0.2) is 0 Å². The summed E-state index contributed by atoms with van der Waals surface area (Å²) in [5.74, 6) is 1.93. The van der Waals surface area contributed by atoms with E-state index in [2.05, 4.69) is 5.32 Å². The Labute approximate surface area is 210 Å². The van der Waals surface area contributed by atoms with Crippen LogP contribution in [-0.4, -0.2) is 46.6 Å². The van der Waals surface area contributed by atoms with E-state index in [1.165, 1.54) is 26.4 Å². The van der Waals surface area contributed by atoms with Crippen LogP contribution in [0.3, 0.4) is 0 Å². The van der Waals surface area contributed by atoms with E-state index in [1.807, 2.05) is 30.3 Å². The summed E-state index contributed by atoms with van der Waals surface area (Å²) < 4.78 is 26.6. The molecule has 0 spiro atoms. The molecule has 3 aromatic carbocycles. The Kier molecular flexibility index (Phi) is 8.83. The molecule has 36 heavy (non-hydrogen) atoms. The third-order valence-corrected chi connectivity index (χ3v) is 5.25. The number of phenolic OH excluding ortho intramolecular Hbond substituents is 1. The van der Waals surface area contributed by atoms with Crippen molar-refractivity contribution in [1.29, 1.82) is 0 Å². The Morgan fingerprint density at radius 2 is 1.28 bits per heavy atom. The van der Waals surface area contributed by atoms with Crippen molar-refractivity contribution in [3.63, 3.8) is 0 Å². The standard InChI is InChI=1S/C28H29NO7/c1-32-21-11-8-18(9-12-21)10-13-26(31)29-22-14-19(15-23(30)27(22)35-4)6-7-20-16-24(33-2)28(36-5)25(17-20)34-3/h6-17,30H,1-5H3,(H,29,31)/b7-6?,13-10+. The second-order valence-electron chi connectivity index (χ2n) is 7.51. The van der Waals surface area contributed by atoms with Gasteiger partial charge in [0.2, 0.25) is 11.7 Å². The second-order valence-corrected chi connectivity index (χ2v) is 7.51. The van der Waals surface area contributed by atoms with Crippen LogP contribution in [0.5, 0.6) is 34.5 Å². The fraction of sp³-hybridized carbons (Fsp3) is 0.179. The highest BCUT2D eigenvalue weighted by Crippen LogP contribution is 2.39. The van der Waals surface area contributed by atoms with E-state index in [1.54, 1.807) is 51.7 Å². The molecule has 0 heterocycles. The lowest BCUT2D eigenvalue weighted by Crippen LogP contribution is -2.09. The number of ether oxygens (including phenoxy) is 5. The van der Waals surface area contributed by atoms with Crippen LogP contribution in [0, 0.1) is 0 Å². The van der Waals surface area contributed by atoms with E-state index >= 15 is 0 Å². The number of hydrogen-bond acceptors (Lipinski definition) is 7. The monoisotopic (exact) mass is 491 g/mol. The quantitative estimate of drug-likeness (QED) is 0.295. The first-order valence-electron chi connectivity index (χ1n) is 10.9. The molecule has 3 rings (SSSR count). The van der Waals surface area contributed by atoms with E-state index < -0.39 is 0 Å². The first kappa shape index (κ1) is 26.0. The van der Waals surface area contributed by atoms with Gasteiger partial charge in [-0.3, -0.25) is 4.79 Å². The molecule has 3 aromatic rings. The van der Waals surface area contributed by atoms with Gasteiger partial charge in [0.1, 0.15) is 5.75 Å². The summed E-state index contributed by atoms with van der Waals surface area (Å²) in [4.78, 5) is 12.6. The van der Waals surface area contributed by atoms with Gasteiger partial charge in [-0.2, -0.15) is 0 Å². The van der Waals surface area contributed by atoms with Gasteiger partial charge in [-0.1, -0.05) is 24.3 Å². The number of carbonyl (C=O) groups excluding carboxylic acids is 1. The molecule has 8 nitrogen and oxygen atoms in total. The van der Waals surface area contributed by atoms with Gasteiger partial charge in [0.25, 0.3) is 0 Å². The summed E-state index contributed by atoms with van der Waals surface area (Å²) in [6.45, 7) is 0. The van der Waals surface area contributed by atoms with Gasteiger partial charge in [0.15, 0.2) is 23.0 Å². The Morgan fingerprint density at radius 3 is 1.81 bits per heavy atom. The molecule has 0 radical (unpaired) electrons. The molecule has 0 unspecified atom stereocenters. The van der Waals surface area contributed by atoms with Crippen LogP contribution < -0.4 is 29.0 Å². The first-order valence-corrected chi connectivity index (χ1v) is 10.9. The van der Waals surface area contributed by atoms with Crippen LogP contribution in [-0.2, 0) is 4.79 Å². The maximum Gasteiger partial charge on any atom is 0.248 e. The van der Waals surface area contributed by atoms with Gasteiger partial charge in [-0.05, 0) is 59.2 Å². The highest BCUT2D eigenvalue weighted by Gasteiger charge is 2.14. The van der Waals surface area contributed by atoms with Crippen molar-refractivity contribution in [3.05, 3.63) is 71.3 Å². The molecule has 0 aliphatic carbocycles. The smallest absolute Gasteiger partial charge is 0.248 e. The van der Waals surface area contributed by atoms with Gasteiger partial charge >= 0.3 is 0 Å². The van der Waals surface area contributed by atoms with Crippen molar-refractivity contribution in [3.8, 4) is 34.5 Å². The molecular weight excluding hydrogens is 462 g/mol. The number of methoxy groups -OCH3 is 5. The summed E-state index contributed by atoms with van der Waals surface area (Å²) >= 11 is 0. The summed E-state index contributed by atoms with van der Waals surface area (Å²) in [5, 5.41) is 13.2. The minimum absolute atomic E-state index is 0.112. The molecule has 2 N–H and O–H groups in total. The highest BCUT2D eigenvalue weighted by molar-refractivity contribution is 6.03. The molecule has 0 saturated carbocycles. The predicted octanol–water partition coefficient (Wildman–Crippen LogP) is 5.26. The fourth-order valence-electron chi connectivity index (χ4n) is 3.49. The molecule has 1 amide bonds. The van der Waals surface area contributed by atoms with Crippen molar-refractivity contribution in [2.45, 2.75) is 0 Å². The van der Waals surface area contributed by atoms with Crippen molar-refractivity contribution in [1.82, 2.24) is 0 Å². The number of anilines is 1. The van der Waals surface area contributed by atoms with Crippen molar-refractivity contribution >= 4 is 29.8 Å². The molecule has 0 bridgehead atoms. The lowest BCUT2D eigenvalue weighted by molar-refractivity contribution is -0.111. The summed E-state index contributed by atoms with van der Waals surface area (Å²) in [6, 6.07) is 14.1. The van der Waals surface area contributed by atoms with Crippen LogP contribution in [0.25, 0.3) is 18.2 Å². The molecule has 8 heteroatoms. The zero-order valence-corrected chi connectivity index (χ0v) is 20.8.